The van der Waals surface area contributed by atoms with Gasteiger partial charge in [-0.15, -0.1) is 0 Å². The first-order valence-corrected chi connectivity index (χ1v) is 9.38. The van der Waals surface area contributed by atoms with Crippen LogP contribution in [0, 0.1) is 11.8 Å². The molecule has 4 heteroatoms. The lowest BCUT2D eigenvalue weighted by Crippen LogP contribution is -2.33. The van der Waals surface area contributed by atoms with E-state index in [9.17, 15) is 4.79 Å². The Kier molecular flexibility index (Phi) is 8.10. The summed E-state index contributed by atoms with van der Waals surface area (Å²) in [4.78, 5) is 12.2. The Labute approximate surface area is 146 Å². The number of nitrogens with one attached hydrogen (secondary N) is 2. The van der Waals surface area contributed by atoms with Crippen LogP contribution in [0.1, 0.15) is 51.5 Å². The number of amides is 1. The van der Waals surface area contributed by atoms with Crippen molar-refractivity contribution in [3.8, 4) is 5.75 Å². The largest absolute Gasteiger partial charge is 0.494 e. The van der Waals surface area contributed by atoms with Crippen molar-refractivity contribution in [1.29, 1.82) is 0 Å². The van der Waals surface area contributed by atoms with Crippen LogP contribution in [-0.2, 0) is 11.3 Å². The summed E-state index contributed by atoms with van der Waals surface area (Å²) in [5.74, 6) is 2.17. The van der Waals surface area contributed by atoms with E-state index in [1.807, 2.05) is 24.3 Å². The van der Waals surface area contributed by atoms with Crippen LogP contribution < -0.4 is 15.4 Å². The van der Waals surface area contributed by atoms with E-state index in [1.54, 1.807) is 0 Å². The van der Waals surface area contributed by atoms with Crippen LogP contribution in [0.5, 0.6) is 5.75 Å². The third-order valence-corrected chi connectivity index (χ3v) is 4.85. The number of carbonyl (C=O) groups excluding carboxylic acids is 1. The van der Waals surface area contributed by atoms with E-state index in [4.69, 9.17) is 4.74 Å². The maximum Gasteiger partial charge on any atom is 0.220 e. The Morgan fingerprint density at radius 1 is 1.38 bits per heavy atom. The van der Waals surface area contributed by atoms with Gasteiger partial charge < -0.3 is 15.4 Å². The molecule has 4 nitrogen and oxygen atoms in total. The van der Waals surface area contributed by atoms with Crippen molar-refractivity contribution in [3.05, 3.63) is 29.8 Å². The van der Waals surface area contributed by atoms with Crippen molar-refractivity contribution in [3.63, 3.8) is 0 Å². The summed E-state index contributed by atoms with van der Waals surface area (Å²) >= 11 is 0. The van der Waals surface area contributed by atoms with E-state index in [-0.39, 0.29) is 5.91 Å². The Balaban J connectivity index is 1.73. The van der Waals surface area contributed by atoms with Crippen molar-refractivity contribution in [2.24, 2.45) is 11.8 Å². The first kappa shape index (κ1) is 18.8. The fraction of sp³-hybridized carbons (Fsp3) is 0.650. The van der Waals surface area contributed by atoms with Gasteiger partial charge in [0.1, 0.15) is 5.75 Å². The van der Waals surface area contributed by atoms with Gasteiger partial charge in [-0.3, -0.25) is 4.79 Å². The normalized spacial score (nSPS) is 16.6. The fourth-order valence-corrected chi connectivity index (χ4v) is 3.22. The van der Waals surface area contributed by atoms with Crippen LogP contribution >= 0.6 is 0 Å². The molecule has 1 aliphatic rings. The van der Waals surface area contributed by atoms with E-state index in [0.717, 1.165) is 43.9 Å². The summed E-state index contributed by atoms with van der Waals surface area (Å²) in [6, 6.07) is 8.01. The maximum absolute atomic E-state index is 12.2. The molecule has 0 aromatic heterocycles. The number of hydrogen-bond acceptors (Lipinski definition) is 3. The molecule has 1 aromatic rings. The van der Waals surface area contributed by atoms with Gasteiger partial charge in [-0.1, -0.05) is 32.4 Å². The second-order valence-electron chi connectivity index (χ2n) is 6.89. The minimum atomic E-state index is 0.151. The molecule has 2 N–H and O–H groups in total. The van der Waals surface area contributed by atoms with E-state index >= 15 is 0 Å². The standard InChI is InChI=1S/C20H32N2O2/c1-3-4-12-24-19-7-5-6-17(14-19)15-22-20(23)13-16(2)18-8-10-21-11-9-18/h5-7,14,16,18,21H,3-4,8-13,15H2,1-2H3,(H,22,23). The maximum atomic E-state index is 12.2. The SMILES string of the molecule is CCCCOc1cccc(CNC(=O)CC(C)C2CCNCC2)c1. The van der Waals surface area contributed by atoms with E-state index in [2.05, 4.69) is 24.5 Å². The number of rotatable bonds is 9. The Hall–Kier alpha value is -1.55. The topological polar surface area (TPSA) is 50.4 Å². The number of hydrogen-bond donors (Lipinski definition) is 2. The van der Waals surface area contributed by atoms with Crippen molar-refractivity contribution in [1.82, 2.24) is 10.6 Å². The predicted molar refractivity (Wildman–Crippen MR) is 98.1 cm³/mol. The van der Waals surface area contributed by atoms with E-state index in [1.165, 1.54) is 12.8 Å². The van der Waals surface area contributed by atoms with Crippen molar-refractivity contribution < 1.29 is 9.53 Å². The van der Waals surface area contributed by atoms with Gasteiger partial charge in [0.2, 0.25) is 5.91 Å². The molecule has 1 aromatic carbocycles. The van der Waals surface area contributed by atoms with Crippen LogP contribution in [-0.4, -0.2) is 25.6 Å². The molecular formula is C20H32N2O2. The molecule has 0 radical (unpaired) electrons. The van der Waals surface area contributed by atoms with Gasteiger partial charge in [-0.25, -0.2) is 0 Å². The summed E-state index contributed by atoms with van der Waals surface area (Å²) in [5, 5.41) is 6.43. The fourth-order valence-electron chi connectivity index (χ4n) is 3.22. The lowest BCUT2D eigenvalue weighted by atomic mass is 9.84. The van der Waals surface area contributed by atoms with Gasteiger partial charge in [0.15, 0.2) is 0 Å². The third-order valence-electron chi connectivity index (χ3n) is 4.85. The van der Waals surface area contributed by atoms with Gasteiger partial charge in [-0.2, -0.15) is 0 Å². The second kappa shape index (κ2) is 10.3. The molecule has 0 spiro atoms. The van der Waals surface area contributed by atoms with Gasteiger partial charge in [0.25, 0.3) is 0 Å². The molecule has 0 bridgehead atoms. The molecule has 1 atom stereocenters. The molecule has 0 aliphatic carbocycles. The zero-order chi connectivity index (χ0) is 17.2. The molecule has 1 heterocycles. The summed E-state index contributed by atoms with van der Waals surface area (Å²) in [6.45, 7) is 7.85. The molecular weight excluding hydrogens is 300 g/mol. The van der Waals surface area contributed by atoms with Gasteiger partial charge >= 0.3 is 0 Å². The molecule has 1 fully saturated rings. The van der Waals surface area contributed by atoms with Crippen molar-refractivity contribution >= 4 is 5.91 Å². The highest BCUT2D eigenvalue weighted by atomic mass is 16.5. The van der Waals surface area contributed by atoms with Crippen LogP contribution in [0.15, 0.2) is 24.3 Å². The molecule has 1 saturated heterocycles. The quantitative estimate of drug-likeness (QED) is 0.681. The average molecular weight is 332 g/mol. The summed E-state index contributed by atoms with van der Waals surface area (Å²) in [7, 11) is 0. The Morgan fingerprint density at radius 2 is 2.17 bits per heavy atom. The Morgan fingerprint density at radius 3 is 2.92 bits per heavy atom. The Bertz CT molecular complexity index is 498. The van der Waals surface area contributed by atoms with Gasteiger partial charge in [-0.05, 0) is 61.9 Å². The highest BCUT2D eigenvalue weighted by Gasteiger charge is 2.21. The molecule has 1 amide bonds. The van der Waals surface area contributed by atoms with Gasteiger partial charge in [0, 0.05) is 13.0 Å². The molecule has 134 valence electrons. The lowest BCUT2D eigenvalue weighted by molar-refractivity contribution is -0.122. The van der Waals surface area contributed by atoms with Crippen molar-refractivity contribution in [2.75, 3.05) is 19.7 Å². The zero-order valence-corrected chi connectivity index (χ0v) is 15.1. The highest BCUT2D eigenvalue weighted by molar-refractivity contribution is 5.76. The first-order chi connectivity index (χ1) is 11.7. The minimum absolute atomic E-state index is 0.151. The number of ether oxygens (including phenoxy) is 1. The van der Waals surface area contributed by atoms with E-state index < -0.39 is 0 Å². The van der Waals surface area contributed by atoms with Crippen LogP contribution in [0.4, 0.5) is 0 Å². The number of carbonyl (C=O) groups is 1. The highest BCUT2D eigenvalue weighted by Crippen LogP contribution is 2.24. The molecule has 24 heavy (non-hydrogen) atoms. The molecule has 2 rings (SSSR count). The minimum Gasteiger partial charge on any atom is -0.494 e. The summed E-state index contributed by atoms with van der Waals surface area (Å²) < 4.78 is 5.72. The number of unbranched alkanes of at least 4 members (excludes halogenated alkanes) is 1. The zero-order valence-electron chi connectivity index (χ0n) is 15.1. The average Bonchev–Trinajstić information content (AvgIpc) is 2.61. The van der Waals surface area contributed by atoms with Crippen molar-refractivity contribution in [2.45, 2.75) is 52.5 Å². The monoisotopic (exact) mass is 332 g/mol. The second-order valence-corrected chi connectivity index (χ2v) is 6.89. The van der Waals surface area contributed by atoms with Gasteiger partial charge in [0.05, 0.1) is 6.61 Å². The predicted octanol–water partition coefficient (Wildman–Crippen LogP) is 3.51. The molecule has 1 aliphatic heterocycles. The van der Waals surface area contributed by atoms with Crippen LogP contribution in [0.3, 0.4) is 0 Å². The number of piperidine rings is 1. The number of benzene rings is 1. The van der Waals surface area contributed by atoms with Crippen LogP contribution in [0.2, 0.25) is 0 Å². The third kappa shape index (κ3) is 6.52. The summed E-state index contributed by atoms with van der Waals surface area (Å²) in [5.41, 5.74) is 1.09. The molecule has 1 unspecified atom stereocenters. The molecule has 0 saturated carbocycles. The first-order valence-electron chi connectivity index (χ1n) is 9.38. The smallest absolute Gasteiger partial charge is 0.220 e. The van der Waals surface area contributed by atoms with E-state index in [0.29, 0.717) is 24.8 Å². The van der Waals surface area contributed by atoms with Crippen LogP contribution in [0.25, 0.3) is 0 Å². The lowest BCUT2D eigenvalue weighted by Gasteiger charge is -2.27. The summed E-state index contributed by atoms with van der Waals surface area (Å²) in [6.07, 6.45) is 5.19.